The van der Waals surface area contributed by atoms with Crippen LogP contribution < -0.4 is 20.8 Å². The van der Waals surface area contributed by atoms with Crippen molar-refractivity contribution in [3.8, 4) is 5.88 Å². The van der Waals surface area contributed by atoms with Crippen molar-refractivity contribution in [1.29, 1.82) is 0 Å². The van der Waals surface area contributed by atoms with Gasteiger partial charge in [0.2, 0.25) is 16.6 Å². The molecule has 0 aliphatic carbocycles. The number of carbonyl (C=O) groups excluding carboxylic acids is 2. The van der Waals surface area contributed by atoms with Gasteiger partial charge in [-0.1, -0.05) is 63.7 Å². The van der Waals surface area contributed by atoms with Crippen molar-refractivity contribution in [3.05, 3.63) is 91.5 Å². The first-order valence-electron chi connectivity index (χ1n) is 9.31. The highest BCUT2D eigenvalue weighted by atomic mass is 79.9. The number of aromatic hydroxyl groups is 1. The van der Waals surface area contributed by atoms with Gasteiger partial charge < -0.3 is 5.11 Å². The Morgan fingerprint density at radius 3 is 2.81 bits per heavy atom. The number of hydrogen-bond donors (Lipinski definition) is 2. The minimum Gasteiger partial charge on any atom is -0.493 e. The minimum atomic E-state index is -0.435. The SMILES string of the molecule is C=CCn1c(O)c(C2=c3cc(Br)ccc3=NC2=O)s/c1=N/NC(=O)Cc1ccccc1. The Bertz CT molecular complexity index is 1390. The zero-order chi connectivity index (χ0) is 22.0. The molecule has 0 saturated heterocycles. The third kappa shape index (κ3) is 4.28. The van der Waals surface area contributed by atoms with Crippen LogP contribution in [0, 0.1) is 0 Å². The van der Waals surface area contributed by atoms with Gasteiger partial charge in [0.1, 0.15) is 4.88 Å². The van der Waals surface area contributed by atoms with Crippen LogP contribution in [-0.4, -0.2) is 21.5 Å². The highest BCUT2D eigenvalue weighted by Crippen LogP contribution is 2.28. The van der Waals surface area contributed by atoms with Crippen molar-refractivity contribution in [3.63, 3.8) is 0 Å². The van der Waals surface area contributed by atoms with Crippen LogP contribution >= 0.6 is 27.3 Å². The fourth-order valence-corrected chi connectivity index (χ4v) is 4.59. The van der Waals surface area contributed by atoms with Crippen LogP contribution in [0.15, 0.2) is 75.8 Å². The summed E-state index contributed by atoms with van der Waals surface area (Å²) in [5.74, 6) is -0.859. The first kappa shape index (κ1) is 21.0. The third-order valence-corrected chi connectivity index (χ3v) is 6.15. The van der Waals surface area contributed by atoms with Crippen molar-refractivity contribution in [2.24, 2.45) is 10.1 Å². The summed E-state index contributed by atoms with van der Waals surface area (Å²) in [4.78, 5) is 29.6. The predicted molar refractivity (Wildman–Crippen MR) is 120 cm³/mol. The summed E-state index contributed by atoms with van der Waals surface area (Å²) < 4.78 is 2.27. The molecule has 2 heterocycles. The van der Waals surface area contributed by atoms with E-state index in [1.165, 1.54) is 4.57 Å². The van der Waals surface area contributed by atoms with E-state index < -0.39 is 5.91 Å². The van der Waals surface area contributed by atoms with E-state index in [0.717, 1.165) is 21.4 Å². The zero-order valence-corrected chi connectivity index (χ0v) is 18.6. The van der Waals surface area contributed by atoms with Gasteiger partial charge in [-0.2, -0.15) is 0 Å². The van der Waals surface area contributed by atoms with E-state index in [2.05, 4.69) is 38.0 Å². The lowest BCUT2D eigenvalue weighted by molar-refractivity contribution is -0.120. The molecule has 1 aliphatic heterocycles. The Morgan fingerprint density at radius 1 is 1.29 bits per heavy atom. The zero-order valence-electron chi connectivity index (χ0n) is 16.2. The van der Waals surface area contributed by atoms with E-state index in [4.69, 9.17) is 0 Å². The number of aromatic nitrogens is 1. The van der Waals surface area contributed by atoms with Crippen LogP contribution in [0.1, 0.15) is 10.4 Å². The highest BCUT2D eigenvalue weighted by Gasteiger charge is 2.25. The van der Waals surface area contributed by atoms with Gasteiger partial charge in [0.15, 0.2) is 0 Å². The summed E-state index contributed by atoms with van der Waals surface area (Å²) >= 11 is 4.50. The van der Waals surface area contributed by atoms with E-state index in [1.54, 1.807) is 24.3 Å². The number of rotatable bonds is 6. The molecule has 0 bridgehead atoms. The number of allylic oxidation sites excluding steroid dienone is 1. The number of fused-ring (bicyclic) bond motifs is 1. The second-order valence-electron chi connectivity index (χ2n) is 6.70. The number of halogens is 1. The molecular weight excluding hydrogens is 480 g/mol. The molecule has 2 amide bonds. The fraction of sp³-hybridized carbons (Fsp3) is 0.0909. The highest BCUT2D eigenvalue weighted by molar-refractivity contribution is 9.10. The topological polar surface area (TPSA) is 96.0 Å². The maximum absolute atomic E-state index is 12.6. The molecule has 1 aromatic heterocycles. The van der Waals surface area contributed by atoms with Crippen LogP contribution in [0.3, 0.4) is 0 Å². The van der Waals surface area contributed by atoms with Crippen molar-refractivity contribution in [1.82, 2.24) is 9.99 Å². The Kier molecular flexibility index (Phi) is 5.97. The quantitative estimate of drug-likeness (QED) is 0.401. The number of hydrogen-bond acceptors (Lipinski definition) is 5. The minimum absolute atomic E-state index is 0.132. The molecule has 31 heavy (non-hydrogen) atoms. The van der Waals surface area contributed by atoms with E-state index in [0.29, 0.717) is 25.8 Å². The fourth-order valence-electron chi connectivity index (χ4n) is 3.18. The lowest BCUT2D eigenvalue weighted by atomic mass is 10.1. The van der Waals surface area contributed by atoms with Gasteiger partial charge in [-0.05, 0) is 23.8 Å². The van der Waals surface area contributed by atoms with Crippen molar-refractivity contribution < 1.29 is 14.7 Å². The summed E-state index contributed by atoms with van der Waals surface area (Å²) in [6.45, 7) is 3.95. The molecule has 3 aromatic rings. The van der Waals surface area contributed by atoms with E-state index >= 15 is 0 Å². The molecule has 1 aliphatic rings. The molecule has 0 saturated carbocycles. The Labute approximate surface area is 189 Å². The van der Waals surface area contributed by atoms with Gasteiger partial charge in [0.05, 0.1) is 17.4 Å². The molecule has 0 spiro atoms. The number of benzene rings is 2. The number of nitrogens with zero attached hydrogens (tertiary/aromatic N) is 3. The van der Waals surface area contributed by atoms with Gasteiger partial charge in [0, 0.05) is 16.2 Å². The average Bonchev–Trinajstić information content (AvgIpc) is 3.23. The Morgan fingerprint density at radius 2 is 2.06 bits per heavy atom. The normalized spacial score (nSPS) is 13.1. The van der Waals surface area contributed by atoms with E-state index in [-0.39, 0.29) is 24.8 Å². The summed E-state index contributed by atoms with van der Waals surface area (Å²) in [6, 6.07) is 14.6. The maximum atomic E-state index is 12.6. The van der Waals surface area contributed by atoms with Crippen LogP contribution in [0.4, 0.5) is 0 Å². The van der Waals surface area contributed by atoms with Gasteiger partial charge in [0.25, 0.3) is 5.91 Å². The number of nitrogens with one attached hydrogen (secondary N) is 1. The first-order chi connectivity index (χ1) is 15.0. The van der Waals surface area contributed by atoms with Crippen molar-refractivity contribution in [2.75, 3.05) is 0 Å². The first-order valence-corrected chi connectivity index (χ1v) is 10.9. The molecule has 7 nitrogen and oxygen atoms in total. The molecule has 0 unspecified atom stereocenters. The summed E-state index contributed by atoms with van der Waals surface area (Å²) in [6.07, 6.45) is 1.77. The molecule has 2 N–H and O–H groups in total. The molecular formula is C22H17BrN4O3S. The van der Waals surface area contributed by atoms with Crippen LogP contribution in [0.2, 0.25) is 0 Å². The van der Waals surface area contributed by atoms with Gasteiger partial charge >= 0.3 is 0 Å². The number of thiazole rings is 1. The Balaban J connectivity index is 1.75. The predicted octanol–water partition coefficient (Wildman–Crippen LogP) is 1.74. The molecule has 0 atom stereocenters. The van der Waals surface area contributed by atoms with E-state index in [9.17, 15) is 14.7 Å². The lowest BCUT2D eigenvalue weighted by Gasteiger charge is -2.03. The smallest absolute Gasteiger partial charge is 0.279 e. The number of carbonyl (C=O) groups is 2. The van der Waals surface area contributed by atoms with Crippen LogP contribution in [0.5, 0.6) is 5.88 Å². The molecule has 2 aromatic carbocycles. The van der Waals surface area contributed by atoms with E-state index in [1.807, 2.05) is 30.3 Å². The van der Waals surface area contributed by atoms with Crippen molar-refractivity contribution >= 4 is 44.7 Å². The van der Waals surface area contributed by atoms with Crippen LogP contribution in [-0.2, 0) is 22.6 Å². The monoisotopic (exact) mass is 496 g/mol. The molecule has 156 valence electrons. The standard InChI is InChI=1S/C22H17BrN4O3S/c1-2-10-27-21(30)19(18-15-12-14(23)8-9-16(15)24-20(18)29)31-22(27)26-25-17(28)11-13-6-4-3-5-7-13/h2-9,12,30H,1,10-11H2,(H,25,28)/b26-22+. The third-order valence-electron chi connectivity index (χ3n) is 4.57. The lowest BCUT2D eigenvalue weighted by Crippen LogP contribution is -2.25. The summed E-state index contributed by atoms with van der Waals surface area (Å²) in [5, 5.41) is 16.2. The van der Waals surface area contributed by atoms with Gasteiger partial charge in [-0.15, -0.1) is 11.7 Å². The summed E-state index contributed by atoms with van der Waals surface area (Å²) in [5.41, 5.74) is 3.68. The average molecular weight is 497 g/mol. The van der Waals surface area contributed by atoms with Crippen LogP contribution in [0.25, 0.3) is 5.57 Å². The second-order valence-corrected chi connectivity index (χ2v) is 8.59. The molecule has 9 heteroatoms. The largest absolute Gasteiger partial charge is 0.493 e. The molecule has 0 fully saturated rings. The molecule has 0 radical (unpaired) electrons. The van der Waals surface area contributed by atoms with Gasteiger partial charge in [-0.3, -0.25) is 14.2 Å². The van der Waals surface area contributed by atoms with Gasteiger partial charge in [-0.25, -0.2) is 10.4 Å². The molecule has 4 rings (SSSR count). The summed E-state index contributed by atoms with van der Waals surface area (Å²) in [7, 11) is 0. The van der Waals surface area contributed by atoms with Crippen molar-refractivity contribution in [2.45, 2.75) is 13.0 Å². The Hall–Kier alpha value is -3.30. The second kappa shape index (κ2) is 8.83. The number of amides is 2. The maximum Gasteiger partial charge on any atom is 0.279 e.